The van der Waals surface area contributed by atoms with Gasteiger partial charge < -0.3 is 0 Å². The lowest BCUT2D eigenvalue weighted by atomic mass is 9.89. The van der Waals surface area contributed by atoms with Gasteiger partial charge in [-0.1, -0.05) is 18.2 Å². The number of hydrogen-bond donors (Lipinski definition) is 0. The lowest BCUT2D eigenvalue weighted by Crippen LogP contribution is -2.12. The SMILES string of the molecule is Cc1cc(F)cc(C(=O)C(C#N)c2ccc(C)c(C)c2)c1. The van der Waals surface area contributed by atoms with Gasteiger partial charge in [0.1, 0.15) is 11.7 Å². The Morgan fingerprint density at radius 1 is 1.10 bits per heavy atom. The van der Waals surface area contributed by atoms with Crippen molar-refractivity contribution in [2.45, 2.75) is 26.7 Å². The molecule has 0 saturated heterocycles. The van der Waals surface area contributed by atoms with Gasteiger partial charge in [-0.3, -0.25) is 4.79 Å². The van der Waals surface area contributed by atoms with E-state index in [9.17, 15) is 14.4 Å². The summed E-state index contributed by atoms with van der Waals surface area (Å²) in [4.78, 5) is 12.5. The number of halogens is 1. The molecule has 0 spiro atoms. The highest BCUT2D eigenvalue weighted by Gasteiger charge is 2.22. The van der Waals surface area contributed by atoms with Crippen LogP contribution in [0.5, 0.6) is 0 Å². The Balaban J connectivity index is 2.43. The molecule has 1 unspecified atom stereocenters. The Morgan fingerprint density at radius 3 is 2.38 bits per heavy atom. The van der Waals surface area contributed by atoms with Gasteiger partial charge in [0, 0.05) is 5.56 Å². The van der Waals surface area contributed by atoms with E-state index in [4.69, 9.17) is 0 Å². The summed E-state index contributed by atoms with van der Waals surface area (Å²) < 4.78 is 13.4. The van der Waals surface area contributed by atoms with Crippen molar-refractivity contribution in [2.24, 2.45) is 0 Å². The van der Waals surface area contributed by atoms with Crippen LogP contribution in [0.2, 0.25) is 0 Å². The maximum Gasteiger partial charge on any atom is 0.184 e. The highest BCUT2D eigenvalue weighted by molar-refractivity contribution is 6.02. The Hall–Kier alpha value is -2.47. The molecule has 0 saturated carbocycles. The molecule has 0 radical (unpaired) electrons. The Labute approximate surface area is 123 Å². The Bertz CT molecular complexity index is 723. The van der Waals surface area contributed by atoms with Crippen LogP contribution >= 0.6 is 0 Å². The first-order chi connectivity index (χ1) is 9.92. The number of benzene rings is 2. The van der Waals surface area contributed by atoms with E-state index >= 15 is 0 Å². The fourth-order valence-corrected chi connectivity index (χ4v) is 2.27. The summed E-state index contributed by atoms with van der Waals surface area (Å²) in [6, 6.07) is 11.7. The molecule has 0 fully saturated rings. The topological polar surface area (TPSA) is 40.9 Å². The monoisotopic (exact) mass is 281 g/mol. The van der Waals surface area contributed by atoms with Crippen molar-refractivity contribution in [2.75, 3.05) is 0 Å². The molecule has 1 atom stereocenters. The van der Waals surface area contributed by atoms with Gasteiger partial charge in [-0.2, -0.15) is 5.26 Å². The maximum atomic E-state index is 13.4. The fraction of sp³-hybridized carbons (Fsp3) is 0.222. The zero-order chi connectivity index (χ0) is 15.6. The molecule has 3 heteroatoms. The first kappa shape index (κ1) is 14.9. The predicted octanol–water partition coefficient (Wildman–Crippen LogP) is 4.24. The molecule has 2 nitrogen and oxygen atoms in total. The summed E-state index contributed by atoms with van der Waals surface area (Å²) >= 11 is 0. The average Bonchev–Trinajstić information content (AvgIpc) is 2.42. The van der Waals surface area contributed by atoms with Crippen molar-refractivity contribution in [1.29, 1.82) is 5.26 Å². The van der Waals surface area contributed by atoms with E-state index in [1.807, 2.05) is 32.0 Å². The molecule has 106 valence electrons. The van der Waals surface area contributed by atoms with E-state index in [-0.39, 0.29) is 11.3 Å². The molecule has 2 aromatic carbocycles. The van der Waals surface area contributed by atoms with Gasteiger partial charge in [0.2, 0.25) is 0 Å². The zero-order valence-corrected chi connectivity index (χ0v) is 12.3. The number of ketones is 1. The van der Waals surface area contributed by atoms with E-state index in [0.29, 0.717) is 11.1 Å². The van der Waals surface area contributed by atoms with Gasteiger partial charge in [0.05, 0.1) is 6.07 Å². The smallest absolute Gasteiger partial charge is 0.184 e. The summed E-state index contributed by atoms with van der Waals surface area (Å²) in [5.41, 5.74) is 3.67. The van der Waals surface area contributed by atoms with Crippen LogP contribution < -0.4 is 0 Å². The number of carbonyl (C=O) groups excluding carboxylic acids is 1. The van der Waals surface area contributed by atoms with Crippen LogP contribution in [-0.2, 0) is 0 Å². The number of rotatable bonds is 3. The van der Waals surface area contributed by atoms with Crippen molar-refractivity contribution in [3.8, 4) is 6.07 Å². The van der Waals surface area contributed by atoms with Crippen LogP contribution in [-0.4, -0.2) is 5.78 Å². The van der Waals surface area contributed by atoms with Crippen molar-refractivity contribution in [3.63, 3.8) is 0 Å². The Kier molecular flexibility index (Phi) is 4.18. The predicted molar refractivity (Wildman–Crippen MR) is 79.7 cm³/mol. The second-order valence-corrected chi connectivity index (χ2v) is 5.29. The largest absolute Gasteiger partial charge is 0.292 e. The van der Waals surface area contributed by atoms with Gasteiger partial charge in [0.15, 0.2) is 5.78 Å². The molecular weight excluding hydrogens is 265 g/mol. The second-order valence-electron chi connectivity index (χ2n) is 5.29. The van der Waals surface area contributed by atoms with E-state index in [0.717, 1.165) is 11.1 Å². The maximum absolute atomic E-state index is 13.4. The highest BCUT2D eigenvalue weighted by Crippen LogP contribution is 2.23. The van der Waals surface area contributed by atoms with Crippen LogP contribution in [0.3, 0.4) is 0 Å². The molecule has 0 aliphatic carbocycles. The molecule has 21 heavy (non-hydrogen) atoms. The lowest BCUT2D eigenvalue weighted by Gasteiger charge is -2.11. The summed E-state index contributed by atoms with van der Waals surface area (Å²) in [7, 11) is 0. The number of carbonyl (C=O) groups is 1. The van der Waals surface area contributed by atoms with Crippen molar-refractivity contribution >= 4 is 5.78 Å². The van der Waals surface area contributed by atoms with Crippen LogP contribution in [0, 0.1) is 37.9 Å². The molecule has 2 rings (SSSR count). The number of hydrogen-bond acceptors (Lipinski definition) is 2. The van der Waals surface area contributed by atoms with Crippen molar-refractivity contribution in [3.05, 3.63) is 70.0 Å². The highest BCUT2D eigenvalue weighted by atomic mass is 19.1. The van der Waals surface area contributed by atoms with Crippen LogP contribution in [0.25, 0.3) is 0 Å². The third-order valence-electron chi connectivity index (χ3n) is 3.58. The summed E-state index contributed by atoms with van der Waals surface area (Å²) in [5, 5.41) is 9.35. The van der Waals surface area contributed by atoms with E-state index in [2.05, 4.69) is 0 Å². The van der Waals surface area contributed by atoms with Crippen LogP contribution in [0.4, 0.5) is 4.39 Å². The van der Waals surface area contributed by atoms with Crippen LogP contribution in [0.1, 0.15) is 38.5 Å². The zero-order valence-electron chi connectivity index (χ0n) is 12.3. The summed E-state index contributed by atoms with van der Waals surface area (Å²) in [5.74, 6) is -1.75. The first-order valence-corrected chi connectivity index (χ1v) is 6.70. The molecular formula is C18H16FNO. The minimum Gasteiger partial charge on any atom is -0.292 e. The van der Waals surface area contributed by atoms with Gasteiger partial charge in [-0.05, 0) is 61.2 Å². The van der Waals surface area contributed by atoms with Crippen LogP contribution in [0.15, 0.2) is 36.4 Å². The van der Waals surface area contributed by atoms with Gasteiger partial charge in [0.25, 0.3) is 0 Å². The van der Waals surface area contributed by atoms with Gasteiger partial charge >= 0.3 is 0 Å². The van der Waals surface area contributed by atoms with Gasteiger partial charge in [-0.25, -0.2) is 4.39 Å². The number of aryl methyl sites for hydroxylation is 3. The molecule has 0 aliphatic heterocycles. The molecule has 0 aliphatic rings. The third-order valence-corrected chi connectivity index (χ3v) is 3.58. The minimum absolute atomic E-state index is 0.234. The molecule has 0 N–H and O–H groups in total. The normalized spacial score (nSPS) is 11.8. The van der Waals surface area contributed by atoms with E-state index in [1.165, 1.54) is 12.1 Å². The molecule has 2 aromatic rings. The van der Waals surface area contributed by atoms with Crippen molar-refractivity contribution < 1.29 is 9.18 Å². The number of nitrogens with zero attached hydrogens (tertiary/aromatic N) is 1. The second kappa shape index (κ2) is 5.88. The molecule has 0 heterocycles. The average molecular weight is 281 g/mol. The van der Waals surface area contributed by atoms with E-state index in [1.54, 1.807) is 19.1 Å². The molecule has 0 aromatic heterocycles. The number of Topliss-reactive ketones (excluding diaryl/α,β-unsaturated/α-hetero) is 1. The summed E-state index contributed by atoms with van der Waals surface area (Å²) in [6.07, 6.45) is 0. The van der Waals surface area contributed by atoms with Gasteiger partial charge in [-0.15, -0.1) is 0 Å². The standard InChI is InChI=1S/C18H16FNO/c1-11-6-15(9-16(19)7-11)18(21)17(10-20)14-5-4-12(2)13(3)8-14/h4-9,17H,1-3H3. The van der Waals surface area contributed by atoms with Crippen molar-refractivity contribution in [1.82, 2.24) is 0 Å². The molecule has 0 amide bonds. The first-order valence-electron chi connectivity index (χ1n) is 6.70. The van der Waals surface area contributed by atoms with E-state index < -0.39 is 11.7 Å². The third kappa shape index (κ3) is 3.17. The number of nitriles is 1. The quantitative estimate of drug-likeness (QED) is 0.789. The summed E-state index contributed by atoms with van der Waals surface area (Å²) in [6.45, 7) is 5.62. The lowest BCUT2D eigenvalue weighted by molar-refractivity contribution is 0.0978. The molecule has 0 bridgehead atoms. The minimum atomic E-state index is -0.912. The fourth-order valence-electron chi connectivity index (χ4n) is 2.27. The Morgan fingerprint density at radius 2 is 1.81 bits per heavy atom.